The first-order valence-electron chi connectivity index (χ1n) is 2.28. The Hall–Kier alpha value is -0.315. The molecular formula is C4H9BO3. The van der Waals surface area contributed by atoms with Crippen molar-refractivity contribution in [2.75, 3.05) is 0 Å². The summed E-state index contributed by atoms with van der Waals surface area (Å²) in [5, 5.41) is 25.1. The smallest absolute Gasteiger partial charge is 0.423 e. The summed E-state index contributed by atoms with van der Waals surface area (Å²) in [5.41, 5.74) is 0.0185. The molecule has 0 aliphatic carbocycles. The second-order valence-electron chi connectivity index (χ2n) is 1.62. The van der Waals surface area contributed by atoms with Crippen molar-refractivity contribution < 1.29 is 15.2 Å². The molecule has 0 saturated carbocycles. The molecule has 0 fully saturated rings. The van der Waals surface area contributed by atoms with Crippen molar-refractivity contribution in [2.45, 2.75) is 13.0 Å². The lowest BCUT2D eigenvalue weighted by molar-refractivity contribution is 0.231. The monoisotopic (exact) mass is 116 g/mol. The highest BCUT2D eigenvalue weighted by Crippen LogP contribution is 1.97. The standard InChI is InChI=1S/C4H9BO3/c1-3(4(2)6)5(7)8/h4,6-8H,1H2,2H3/t4-/m1/s1. The van der Waals surface area contributed by atoms with Gasteiger partial charge in [0, 0.05) is 0 Å². The molecule has 3 N–H and O–H groups in total. The number of aliphatic hydroxyl groups excluding tert-OH is 1. The van der Waals surface area contributed by atoms with E-state index in [0.717, 1.165) is 0 Å². The molecule has 0 amide bonds. The summed E-state index contributed by atoms with van der Waals surface area (Å²) < 4.78 is 0. The molecular weight excluding hydrogens is 107 g/mol. The minimum Gasteiger partial charge on any atom is -0.423 e. The molecule has 0 unspecified atom stereocenters. The number of hydrogen-bond acceptors (Lipinski definition) is 3. The molecule has 46 valence electrons. The van der Waals surface area contributed by atoms with Gasteiger partial charge in [0.15, 0.2) is 0 Å². The predicted octanol–water partition coefficient (Wildman–Crippen LogP) is -1.06. The van der Waals surface area contributed by atoms with E-state index in [4.69, 9.17) is 15.2 Å². The average molecular weight is 116 g/mol. The van der Waals surface area contributed by atoms with Crippen LogP contribution in [0.5, 0.6) is 0 Å². The Morgan fingerprint density at radius 1 is 1.62 bits per heavy atom. The van der Waals surface area contributed by atoms with Gasteiger partial charge in [-0.2, -0.15) is 0 Å². The van der Waals surface area contributed by atoms with Gasteiger partial charge in [0.05, 0.1) is 6.10 Å². The van der Waals surface area contributed by atoms with Crippen LogP contribution < -0.4 is 0 Å². The van der Waals surface area contributed by atoms with E-state index in [1.807, 2.05) is 0 Å². The summed E-state index contributed by atoms with van der Waals surface area (Å²) in [7, 11) is -1.60. The largest absolute Gasteiger partial charge is 0.486 e. The molecule has 0 bridgehead atoms. The normalized spacial score (nSPS) is 13.0. The van der Waals surface area contributed by atoms with Gasteiger partial charge in [-0.25, -0.2) is 0 Å². The lowest BCUT2D eigenvalue weighted by Gasteiger charge is -2.04. The Bertz CT molecular complexity index is 79.3. The molecule has 0 aromatic heterocycles. The number of aliphatic hydroxyl groups is 1. The zero-order valence-corrected chi connectivity index (χ0v) is 4.70. The SMILES string of the molecule is C=C(B(O)O)[C@@H](C)O. The molecule has 0 aromatic rings. The minimum absolute atomic E-state index is 0.0185. The average Bonchev–Trinajstić information content (AvgIpc) is 1.64. The summed E-state index contributed by atoms with van der Waals surface area (Å²) >= 11 is 0. The third kappa shape index (κ3) is 2.11. The summed E-state index contributed by atoms with van der Waals surface area (Å²) in [6.07, 6.45) is -0.852. The number of rotatable bonds is 2. The second kappa shape index (κ2) is 2.86. The van der Waals surface area contributed by atoms with Crippen molar-refractivity contribution in [3.8, 4) is 0 Å². The molecule has 0 heterocycles. The van der Waals surface area contributed by atoms with Crippen LogP contribution in [0.3, 0.4) is 0 Å². The highest BCUT2D eigenvalue weighted by Gasteiger charge is 2.15. The molecule has 0 saturated heterocycles. The van der Waals surface area contributed by atoms with E-state index in [-0.39, 0.29) is 5.47 Å². The van der Waals surface area contributed by atoms with Crippen LogP contribution in [0, 0.1) is 0 Å². The van der Waals surface area contributed by atoms with Crippen LogP contribution in [-0.4, -0.2) is 28.4 Å². The number of hydrogen-bond donors (Lipinski definition) is 3. The van der Waals surface area contributed by atoms with Crippen LogP contribution in [0.25, 0.3) is 0 Å². The van der Waals surface area contributed by atoms with Gasteiger partial charge >= 0.3 is 7.12 Å². The topological polar surface area (TPSA) is 60.7 Å². The second-order valence-corrected chi connectivity index (χ2v) is 1.62. The lowest BCUT2D eigenvalue weighted by atomic mass is 9.78. The first kappa shape index (κ1) is 7.68. The van der Waals surface area contributed by atoms with Crippen molar-refractivity contribution in [1.82, 2.24) is 0 Å². The Morgan fingerprint density at radius 3 is 2.00 bits per heavy atom. The van der Waals surface area contributed by atoms with Crippen molar-refractivity contribution in [3.05, 3.63) is 12.1 Å². The van der Waals surface area contributed by atoms with Gasteiger partial charge in [0.25, 0.3) is 0 Å². The molecule has 0 aliphatic rings. The van der Waals surface area contributed by atoms with Gasteiger partial charge in [0.1, 0.15) is 0 Å². The van der Waals surface area contributed by atoms with E-state index >= 15 is 0 Å². The maximum atomic E-state index is 8.57. The van der Waals surface area contributed by atoms with Gasteiger partial charge in [-0.3, -0.25) is 0 Å². The third-order valence-electron chi connectivity index (χ3n) is 0.868. The van der Waals surface area contributed by atoms with E-state index in [1.165, 1.54) is 6.92 Å². The first-order valence-corrected chi connectivity index (χ1v) is 2.28. The van der Waals surface area contributed by atoms with Crippen molar-refractivity contribution in [1.29, 1.82) is 0 Å². The van der Waals surface area contributed by atoms with Gasteiger partial charge in [0.2, 0.25) is 0 Å². The maximum Gasteiger partial charge on any atom is 0.486 e. The highest BCUT2D eigenvalue weighted by molar-refractivity contribution is 6.50. The zero-order chi connectivity index (χ0) is 6.73. The molecule has 4 heteroatoms. The van der Waals surface area contributed by atoms with Crippen molar-refractivity contribution in [2.24, 2.45) is 0 Å². The maximum absolute atomic E-state index is 8.57. The quantitative estimate of drug-likeness (QED) is 0.403. The van der Waals surface area contributed by atoms with Crippen molar-refractivity contribution >= 4 is 7.12 Å². The lowest BCUT2D eigenvalue weighted by Crippen LogP contribution is -2.22. The first-order chi connectivity index (χ1) is 3.55. The molecule has 0 rings (SSSR count). The van der Waals surface area contributed by atoms with Crippen LogP contribution >= 0.6 is 0 Å². The molecule has 0 aliphatic heterocycles. The molecule has 8 heavy (non-hydrogen) atoms. The van der Waals surface area contributed by atoms with Gasteiger partial charge in [-0.05, 0) is 12.4 Å². The fourth-order valence-electron chi connectivity index (χ4n) is 0.216. The van der Waals surface area contributed by atoms with E-state index < -0.39 is 13.2 Å². The van der Waals surface area contributed by atoms with Gasteiger partial charge in [-0.1, -0.05) is 0 Å². The minimum atomic E-state index is -1.60. The summed E-state index contributed by atoms with van der Waals surface area (Å²) in [6, 6.07) is 0. The van der Waals surface area contributed by atoms with E-state index in [0.29, 0.717) is 0 Å². The van der Waals surface area contributed by atoms with Crippen LogP contribution in [0.2, 0.25) is 0 Å². The van der Waals surface area contributed by atoms with Crippen LogP contribution in [0.15, 0.2) is 12.1 Å². The van der Waals surface area contributed by atoms with Gasteiger partial charge < -0.3 is 15.2 Å². The Balaban J connectivity index is 3.65. The Kier molecular flexibility index (Phi) is 2.75. The molecule has 0 radical (unpaired) electrons. The van der Waals surface area contributed by atoms with Gasteiger partial charge in [-0.15, -0.1) is 6.58 Å². The molecule has 0 aromatic carbocycles. The molecule has 0 spiro atoms. The fraction of sp³-hybridized carbons (Fsp3) is 0.500. The van der Waals surface area contributed by atoms with E-state index in [1.54, 1.807) is 0 Å². The van der Waals surface area contributed by atoms with Crippen LogP contribution in [-0.2, 0) is 0 Å². The molecule has 1 atom stereocenters. The summed E-state index contributed by atoms with van der Waals surface area (Å²) in [4.78, 5) is 0. The molecule has 3 nitrogen and oxygen atoms in total. The Morgan fingerprint density at radius 2 is 2.00 bits per heavy atom. The summed E-state index contributed by atoms with van der Waals surface area (Å²) in [6.45, 7) is 4.62. The highest BCUT2D eigenvalue weighted by atomic mass is 16.4. The predicted molar refractivity (Wildman–Crippen MR) is 31.0 cm³/mol. The van der Waals surface area contributed by atoms with Crippen LogP contribution in [0.4, 0.5) is 0 Å². The van der Waals surface area contributed by atoms with E-state index in [9.17, 15) is 0 Å². The summed E-state index contributed by atoms with van der Waals surface area (Å²) in [5.74, 6) is 0. The fourth-order valence-corrected chi connectivity index (χ4v) is 0.216. The Labute approximate surface area is 48.4 Å². The van der Waals surface area contributed by atoms with Crippen molar-refractivity contribution in [3.63, 3.8) is 0 Å². The van der Waals surface area contributed by atoms with Crippen LogP contribution in [0.1, 0.15) is 6.92 Å². The zero-order valence-electron chi connectivity index (χ0n) is 4.70. The third-order valence-corrected chi connectivity index (χ3v) is 0.868. The van der Waals surface area contributed by atoms with E-state index in [2.05, 4.69) is 6.58 Å².